The highest BCUT2D eigenvalue weighted by atomic mass is 16.6. The van der Waals surface area contributed by atoms with Gasteiger partial charge in [-0.3, -0.25) is 9.59 Å². The Morgan fingerprint density at radius 2 is 0.932 bits per heavy atom. The second-order valence-corrected chi connectivity index (χ2v) is 15.5. The molecule has 0 amide bonds. The summed E-state index contributed by atoms with van der Waals surface area (Å²) in [5.41, 5.74) is 0. The number of carbonyl (C=O) groups excluding carboxylic acids is 2. The summed E-state index contributed by atoms with van der Waals surface area (Å²) in [6.07, 6.45) is 55.7. The molecule has 0 aromatic rings. The van der Waals surface area contributed by atoms with Crippen molar-refractivity contribution in [2.24, 2.45) is 0 Å². The topological polar surface area (TPSA) is 99.1 Å². The molecule has 1 N–H and O–H groups in total. The van der Waals surface area contributed by atoms with E-state index in [9.17, 15) is 19.5 Å². The molecule has 2 atom stereocenters. The van der Waals surface area contributed by atoms with Gasteiger partial charge in [-0.05, 0) is 83.5 Å². The minimum atomic E-state index is -0.892. The molecule has 0 aromatic heterocycles. The Morgan fingerprint density at radius 3 is 1.39 bits per heavy atom. The molecule has 0 aliphatic heterocycles. The number of carboxylic acid groups (broad SMARTS) is 1. The Morgan fingerprint density at radius 1 is 0.508 bits per heavy atom. The largest absolute Gasteiger partial charge is 0.477 e. The number of hydrogen-bond donors (Lipinski definition) is 1. The number of hydrogen-bond acceptors (Lipinski definition) is 6. The van der Waals surface area contributed by atoms with E-state index in [1.54, 1.807) is 0 Å². The van der Waals surface area contributed by atoms with Crippen LogP contribution in [0.3, 0.4) is 0 Å². The van der Waals surface area contributed by atoms with Crippen LogP contribution < -0.4 is 0 Å². The van der Waals surface area contributed by atoms with Gasteiger partial charge in [-0.25, -0.2) is 4.79 Å². The van der Waals surface area contributed by atoms with Crippen LogP contribution in [-0.4, -0.2) is 80.6 Å². The van der Waals surface area contributed by atoms with Crippen molar-refractivity contribution in [3.8, 4) is 0 Å². The highest BCUT2D eigenvalue weighted by molar-refractivity contribution is 5.72. The summed E-state index contributed by atoms with van der Waals surface area (Å²) >= 11 is 0. The number of carboxylic acids is 1. The van der Waals surface area contributed by atoms with Gasteiger partial charge in [0.15, 0.2) is 12.1 Å². The predicted octanol–water partition coefficient (Wildman–Crippen LogP) is 12.5. The average molecular weight is 821 g/mol. The molecule has 8 nitrogen and oxygen atoms in total. The third-order valence-electron chi connectivity index (χ3n) is 9.18. The van der Waals surface area contributed by atoms with Crippen molar-refractivity contribution >= 4 is 17.9 Å². The summed E-state index contributed by atoms with van der Waals surface area (Å²) in [5, 5.41) is 9.62. The Bertz CT molecular complexity index is 1330. The summed E-state index contributed by atoms with van der Waals surface area (Å²) in [7, 11) is 5.49. The Balaban J connectivity index is 4.50. The van der Waals surface area contributed by atoms with Gasteiger partial charge < -0.3 is 23.8 Å². The molecule has 0 aliphatic rings. The molecule has 0 bridgehead atoms. The van der Waals surface area contributed by atoms with Gasteiger partial charge in [0.25, 0.3) is 0 Å². The van der Waals surface area contributed by atoms with E-state index in [4.69, 9.17) is 14.2 Å². The number of rotatable bonds is 38. The summed E-state index contributed by atoms with van der Waals surface area (Å²) in [6, 6.07) is -0.635. The molecule has 0 aromatic carbocycles. The lowest BCUT2D eigenvalue weighted by Gasteiger charge is -2.31. The van der Waals surface area contributed by atoms with Crippen LogP contribution in [0.25, 0.3) is 0 Å². The Labute approximate surface area is 359 Å². The molecule has 59 heavy (non-hydrogen) atoms. The van der Waals surface area contributed by atoms with Crippen molar-refractivity contribution in [2.45, 2.75) is 154 Å². The monoisotopic (exact) mass is 821 g/mol. The molecule has 0 rings (SSSR count). The third kappa shape index (κ3) is 39.2. The average Bonchev–Trinajstić information content (AvgIpc) is 3.19. The molecule has 8 heteroatoms. The van der Waals surface area contributed by atoms with Crippen molar-refractivity contribution in [3.63, 3.8) is 0 Å². The molecule has 0 saturated carbocycles. The van der Waals surface area contributed by atoms with Gasteiger partial charge in [-0.2, -0.15) is 0 Å². The number of carbonyl (C=O) groups is 3. The number of nitrogens with zero attached hydrogens (tertiary/aromatic N) is 1. The van der Waals surface area contributed by atoms with Crippen LogP contribution in [0.4, 0.5) is 0 Å². The van der Waals surface area contributed by atoms with Crippen molar-refractivity contribution in [3.05, 3.63) is 109 Å². The first-order valence-electron chi connectivity index (χ1n) is 22.4. The lowest BCUT2D eigenvalue weighted by molar-refractivity contribution is -0.887. The zero-order valence-electron chi connectivity index (χ0n) is 37.7. The molecule has 0 aliphatic carbocycles. The SMILES string of the molecule is CC/C=C/C/C=C/C/C=C/C/C=C/C/C=C/C/C=C/CCC(=O)OCC(COCCC(C(=O)O)[N+](C)(C)C)OC(=O)CCCCCCCC/C=C/C/C=C/C/C=C/CC. The molecule has 332 valence electrons. The summed E-state index contributed by atoms with van der Waals surface area (Å²) in [4.78, 5) is 37.0. The number of esters is 2. The van der Waals surface area contributed by atoms with Crippen LogP contribution in [0.2, 0.25) is 0 Å². The zero-order chi connectivity index (χ0) is 43.5. The molecule has 0 heterocycles. The minimum absolute atomic E-state index is 0.0245. The van der Waals surface area contributed by atoms with Crippen molar-refractivity contribution in [1.29, 1.82) is 0 Å². The maximum absolute atomic E-state index is 12.7. The predicted molar refractivity (Wildman–Crippen MR) is 247 cm³/mol. The second-order valence-electron chi connectivity index (χ2n) is 15.5. The number of ether oxygens (including phenoxy) is 3. The van der Waals surface area contributed by atoms with Gasteiger partial charge in [0.2, 0.25) is 0 Å². The van der Waals surface area contributed by atoms with Crippen molar-refractivity contribution < 1.29 is 38.2 Å². The molecule has 0 fully saturated rings. The Hall–Kier alpha value is -4.01. The summed E-state index contributed by atoms with van der Waals surface area (Å²) in [6.45, 7) is 4.39. The zero-order valence-corrected chi connectivity index (χ0v) is 37.7. The smallest absolute Gasteiger partial charge is 0.362 e. The van der Waals surface area contributed by atoms with Gasteiger partial charge >= 0.3 is 17.9 Å². The molecular weight excluding hydrogens is 739 g/mol. The van der Waals surface area contributed by atoms with E-state index in [-0.39, 0.29) is 42.7 Å². The fourth-order valence-corrected chi connectivity index (χ4v) is 5.78. The van der Waals surface area contributed by atoms with Gasteiger partial charge in [-0.15, -0.1) is 0 Å². The van der Waals surface area contributed by atoms with Crippen LogP contribution in [-0.2, 0) is 28.6 Å². The van der Waals surface area contributed by atoms with E-state index in [1.165, 1.54) is 12.8 Å². The Kier molecular flexibility index (Phi) is 38.0. The fraction of sp³-hybridized carbons (Fsp3) is 0.588. The first-order chi connectivity index (χ1) is 28.6. The summed E-state index contributed by atoms with van der Waals surface area (Å²) < 4.78 is 17.2. The highest BCUT2D eigenvalue weighted by Gasteiger charge is 2.31. The van der Waals surface area contributed by atoms with Gasteiger partial charge in [-0.1, -0.05) is 149 Å². The number of allylic oxidation sites excluding steroid dienone is 18. The van der Waals surface area contributed by atoms with E-state index >= 15 is 0 Å². The summed E-state index contributed by atoms with van der Waals surface area (Å²) in [5.74, 6) is -1.61. The van der Waals surface area contributed by atoms with Gasteiger partial charge in [0.05, 0.1) is 34.4 Å². The van der Waals surface area contributed by atoms with E-state index in [2.05, 4.69) is 111 Å². The van der Waals surface area contributed by atoms with Crippen LogP contribution in [0.15, 0.2) is 109 Å². The van der Waals surface area contributed by atoms with Crippen LogP contribution in [0, 0.1) is 0 Å². The third-order valence-corrected chi connectivity index (χ3v) is 9.18. The van der Waals surface area contributed by atoms with E-state index < -0.39 is 18.1 Å². The standard InChI is InChI=1S/C51H81NO7/c1-6-8-10-12-14-16-18-20-22-24-25-26-28-29-31-33-35-37-39-41-49(53)58-46-47(45-57-44-43-48(51(55)56)52(3,4)5)59-50(54)42-40-38-36-34-32-30-27-23-21-19-17-15-13-11-9-7-2/h8-11,14-17,20-23,25-26,29,31,35,37,47-48H,6-7,12-13,18-19,24,27-28,30,32-34,36,38-46H2,1-5H3/p+1/b10-8+,11-9+,16-14+,17-15+,22-20+,23-21+,26-25+,31-29+,37-35+. The van der Waals surface area contributed by atoms with Crippen LogP contribution in [0.1, 0.15) is 142 Å². The normalized spacial score (nSPS) is 14.0. The number of unbranched alkanes of at least 4 members (excludes halogenated alkanes) is 6. The first-order valence-corrected chi connectivity index (χ1v) is 22.4. The molecule has 0 spiro atoms. The van der Waals surface area contributed by atoms with Gasteiger partial charge in [0, 0.05) is 19.3 Å². The van der Waals surface area contributed by atoms with E-state index in [1.807, 2.05) is 33.3 Å². The van der Waals surface area contributed by atoms with E-state index in [0.717, 1.165) is 89.9 Å². The molecule has 0 radical (unpaired) electrons. The number of aliphatic carboxylic acids is 1. The number of likely N-dealkylation sites (N-methyl/N-ethyl adjacent to an activating group) is 1. The van der Waals surface area contributed by atoms with Crippen molar-refractivity contribution in [2.75, 3.05) is 41.0 Å². The number of quaternary nitrogens is 1. The van der Waals surface area contributed by atoms with Crippen LogP contribution in [0.5, 0.6) is 0 Å². The highest BCUT2D eigenvalue weighted by Crippen LogP contribution is 2.12. The van der Waals surface area contributed by atoms with E-state index in [0.29, 0.717) is 19.3 Å². The first kappa shape index (κ1) is 55.0. The fourth-order valence-electron chi connectivity index (χ4n) is 5.78. The quantitative estimate of drug-likeness (QED) is 0.0287. The molecule has 2 unspecified atom stereocenters. The molecular formula is C51H82NO7+. The lowest BCUT2D eigenvalue weighted by Crippen LogP contribution is -2.50. The maximum atomic E-state index is 12.7. The maximum Gasteiger partial charge on any atom is 0.362 e. The lowest BCUT2D eigenvalue weighted by atomic mass is 10.1. The van der Waals surface area contributed by atoms with Crippen LogP contribution >= 0.6 is 0 Å². The minimum Gasteiger partial charge on any atom is -0.477 e. The van der Waals surface area contributed by atoms with Crippen molar-refractivity contribution in [1.82, 2.24) is 0 Å². The van der Waals surface area contributed by atoms with Gasteiger partial charge in [0.1, 0.15) is 6.61 Å². The second kappa shape index (κ2) is 40.8. The molecule has 0 saturated heterocycles.